The molecule has 1 saturated heterocycles. The van der Waals surface area contributed by atoms with Gasteiger partial charge in [0.25, 0.3) is 0 Å². The van der Waals surface area contributed by atoms with Crippen LogP contribution in [0.15, 0.2) is 35.2 Å². The standard InChI is InChI=1S/C14H15ClN2O3S/c15-14-4-1-11-7-12(2-3-13(11)17-14)21(18,19)16-8-10-5-6-20-9-10/h1-4,7,10,16H,5-6,8-9H2. The maximum absolute atomic E-state index is 12.3. The molecule has 1 aromatic carbocycles. The number of rotatable bonds is 4. The number of nitrogens with one attached hydrogen (secondary N) is 1. The molecule has 0 radical (unpaired) electrons. The van der Waals surface area contributed by atoms with Gasteiger partial charge in [0.05, 0.1) is 17.0 Å². The molecular formula is C14H15ClN2O3S. The van der Waals surface area contributed by atoms with Crippen molar-refractivity contribution in [3.05, 3.63) is 35.5 Å². The first-order chi connectivity index (χ1) is 10.0. The van der Waals surface area contributed by atoms with Crippen molar-refractivity contribution in [2.75, 3.05) is 19.8 Å². The maximum atomic E-state index is 12.3. The van der Waals surface area contributed by atoms with E-state index in [1.54, 1.807) is 30.3 Å². The number of pyridine rings is 1. The van der Waals surface area contributed by atoms with Crippen LogP contribution < -0.4 is 4.72 Å². The van der Waals surface area contributed by atoms with Gasteiger partial charge in [0.15, 0.2) is 0 Å². The normalized spacial score (nSPS) is 19.2. The molecule has 0 aliphatic carbocycles. The van der Waals surface area contributed by atoms with Gasteiger partial charge in [-0.3, -0.25) is 0 Å². The largest absolute Gasteiger partial charge is 0.381 e. The molecule has 0 spiro atoms. The smallest absolute Gasteiger partial charge is 0.240 e. The first-order valence-corrected chi connectivity index (χ1v) is 8.54. The molecule has 1 aromatic heterocycles. The summed E-state index contributed by atoms with van der Waals surface area (Å²) in [6.07, 6.45) is 0.892. The van der Waals surface area contributed by atoms with Crippen molar-refractivity contribution >= 4 is 32.5 Å². The summed E-state index contributed by atoms with van der Waals surface area (Å²) in [5, 5.41) is 1.13. The number of nitrogens with zero attached hydrogens (tertiary/aromatic N) is 1. The fourth-order valence-electron chi connectivity index (χ4n) is 2.30. The van der Waals surface area contributed by atoms with Crippen LogP contribution in [0.4, 0.5) is 0 Å². The second-order valence-electron chi connectivity index (χ2n) is 5.07. The van der Waals surface area contributed by atoms with E-state index >= 15 is 0 Å². The van der Waals surface area contributed by atoms with Crippen LogP contribution in [-0.2, 0) is 14.8 Å². The van der Waals surface area contributed by atoms with E-state index in [0.29, 0.717) is 30.4 Å². The minimum absolute atomic E-state index is 0.234. The molecule has 2 heterocycles. The fourth-order valence-corrected chi connectivity index (χ4v) is 3.61. The Morgan fingerprint density at radius 2 is 2.19 bits per heavy atom. The fraction of sp³-hybridized carbons (Fsp3) is 0.357. The zero-order valence-corrected chi connectivity index (χ0v) is 12.8. The van der Waals surface area contributed by atoms with Crippen LogP contribution in [0, 0.1) is 5.92 Å². The highest BCUT2D eigenvalue weighted by molar-refractivity contribution is 7.89. The van der Waals surface area contributed by atoms with E-state index < -0.39 is 10.0 Å². The first kappa shape index (κ1) is 14.7. The van der Waals surface area contributed by atoms with Crippen molar-refractivity contribution in [1.82, 2.24) is 9.71 Å². The Hall–Kier alpha value is -1.21. The molecule has 112 valence electrons. The lowest BCUT2D eigenvalue weighted by atomic mass is 10.1. The molecule has 2 aromatic rings. The molecule has 1 N–H and O–H groups in total. The van der Waals surface area contributed by atoms with Gasteiger partial charge in [0, 0.05) is 18.5 Å². The second-order valence-corrected chi connectivity index (χ2v) is 7.22. The van der Waals surface area contributed by atoms with Gasteiger partial charge in [-0.2, -0.15) is 0 Å². The number of halogens is 1. The average molecular weight is 327 g/mol. The first-order valence-electron chi connectivity index (χ1n) is 6.68. The highest BCUT2D eigenvalue weighted by atomic mass is 35.5. The number of ether oxygens (including phenoxy) is 1. The van der Waals surface area contributed by atoms with E-state index in [1.165, 1.54) is 0 Å². The molecule has 1 aliphatic heterocycles. The van der Waals surface area contributed by atoms with Crippen LogP contribution in [0.3, 0.4) is 0 Å². The van der Waals surface area contributed by atoms with Gasteiger partial charge in [0.2, 0.25) is 10.0 Å². The Bertz CT molecular complexity index is 758. The van der Waals surface area contributed by atoms with Gasteiger partial charge in [0.1, 0.15) is 5.15 Å². The van der Waals surface area contributed by atoms with Crippen LogP contribution in [0.1, 0.15) is 6.42 Å². The molecule has 0 saturated carbocycles. The van der Waals surface area contributed by atoms with E-state index in [4.69, 9.17) is 16.3 Å². The van der Waals surface area contributed by atoms with Crippen LogP contribution >= 0.6 is 11.6 Å². The molecule has 21 heavy (non-hydrogen) atoms. The highest BCUT2D eigenvalue weighted by Gasteiger charge is 2.20. The van der Waals surface area contributed by atoms with E-state index in [2.05, 4.69) is 9.71 Å². The van der Waals surface area contributed by atoms with Crippen LogP contribution in [0.25, 0.3) is 10.9 Å². The lowest BCUT2D eigenvalue weighted by Gasteiger charge is -2.10. The van der Waals surface area contributed by atoms with Crippen LogP contribution in [0.2, 0.25) is 5.15 Å². The van der Waals surface area contributed by atoms with Crippen molar-refractivity contribution < 1.29 is 13.2 Å². The third kappa shape index (κ3) is 3.35. The minimum Gasteiger partial charge on any atom is -0.381 e. The Balaban J connectivity index is 1.82. The van der Waals surface area contributed by atoms with Gasteiger partial charge < -0.3 is 4.74 Å². The Labute approximate surface area is 128 Å². The predicted molar refractivity (Wildman–Crippen MR) is 80.9 cm³/mol. The Morgan fingerprint density at radius 3 is 2.95 bits per heavy atom. The summed E-state index contributed by atoms with van der Waals surface area (Å²) in [7, 11) is -3.52. The summed E-state index contributed by atoms with van der Waals surface area (Å²) in [5.74, 6) is 0.251. The molecule has 3 rings (SSSR count). The van der Waals surface area contributed by atoms with Gasteiger partial charge in [-0.05, 0) is 42.7 Å². The zero-order valence-electron chi connectivity index (χ0n) is 11.3. The minimum atomic E-state index is -3.52. The second kappa shape index (κ2) is 5.88. The van der Waals surface area contributed by atoms with Gasteiger partial charge in [-0.15, -0.1) is 0 Å². The highest BCUT2D eigenvalue weighted by Crippen LogP contribution is 2.20. The number of benzene rings is 1. The lowest BCUT2D eigenvalue weighted by molar-refractivity contribution is 0.186. The number of hydrogen-bond acceptors (Lipinski definition) is 4. The monoisotopic (exact) mass is 326 g/mol. The van der Waals surface area contributed by atoms with Crippen molar-refractivity contribution in [1.29, 1.82) is 0 Å². The van der Waals surface area contributed by atoms with Gasteiger partial charge >= 0.3 is 0 Å². The topological polar surface area (TPSA) is 68.3 Å². The van der Waals surface area contributed by atoms with E-state index in [1.807, 2.05) is 0 Å². The van der Waals surface area contributed by atoms with Crippen molar-refractivity contribution in [3.63, 3.8) is 0 Å². The molecule has 1 atom stereocenters. The van der Waals surface area contributed by atoms with Gasteiger partial charge in [-0.1, -0.05) is 11.6 Å². The average Bonchev–Trinajstić information content (AvgIpc) is 2.98. The maximum Gasteiger partial charge on any atom is 0.240 e. The molecule has 5 nitrogen and oxygen atoms in total. The molecule has 0 amide bonds. The predicted octanol–water partition coefficient (Wildman–Crippen LogP) is 2.20. The number of aromatic nitrogens is 1. The van der Waals surface area contributed by atoms with Crippen molar-refractivity contribution in [2.24, 2.45) is 5.92 Å². The van der Waals surface area contributed by atoms with Gasteiger partial charge in [-0.25, -0.2) is 18.1 Å². The third-order valence-electron chi connectivity index (χ3n) is 3.52. The summed E-state index contributed by atoms with van der Waals surface area (Å²) in [6.45, 7) is 1.72. The molecule has 1 unspecified atom stereocenters. The third-order valence-corrected chi connectivity index (χ3v) is 5.15. The molecule has 0 bridgehead atoms. The van der Waals surface area contributed by atoms with Crippen molar-refractivity contribution in [2.45, 2.75) is 11.3 Å². The summed E-state index contributed by atoms with van der Waals surface area (Å²) in [5.41, 5.74) is 0.672. The zero-order chi connectivity index (χ0) is 14.9. The van der Waals surface area contributed by atoms with E-state index in [-0.39, 0.29) is 10.8 Å². The number of fused-ring (bicyclic) bond motifs is 1. The quantitative estimate of drug-likeness (QED) is 0.875. The lowest BCUT2D eigenvalue weighted by Crippen LogP contribution is -2.29. The number of hydrogen-bond donors (Lipinski definition) is 1. The molecule has 1 aliphatic rings. The Kier molecular flexibility index (Phi) is 4.12. The number of sulfonamides is 1. The van der Waals surface area contributed by atoms with E-state index in [0.717, 1.165) is 11.8 Å². The molecule has 7 heteroatoms. The van der Waals surface area contributed by atoms with Crippen LogP contribution in [0.5, 0.6) is 0 Å². The molecular weight excluding hydrogens is 312 g/mol. The van der Waals surface area contributed by atoms with Crippen LogP contribution in [-0.4, -0.2) is 33.2 Å². The summed E-state index contributed by atoms with van der Waals surface area (Å²) >= 11 is 5.82. The summed E-state index contributed by atoms with van der Waals surface area (Å²) in [6, 6.07) is 8.21. The van der Waals surface area contributed by atoms with E-state index in [9.17, 15) is 8.42 Å². The summed E-state index contributed by atoms with van der Waals surface area (Å²) in [4.78, 5) is 4.38. The summed E-state index contributed by atoms with van der Waals surface area (Å²) < 4.78 is 32.5. The molecule has 1 fully saturated rings. The SMILES string of the molecule is O=S(=O)(NCC1CCOC1)c1ccc2nc(Cl)ccc2c1. The Morgan fingerprint density at radius 1 is 1.33 bits per heavy atom. The van der Waals surface area contributed by atoms with Crippen molar-refractivity contribution in [3.8, 4) is 0 Å².